The van der Waals surface area contributed by atoms with E-state index < -0.39 is 0 Å². The lowest BCUT2D eigenvalue weighted by molar-refractivity contribution is 0.620. The largest absolute Gasteiger partial charge is 0.314 e. The van der Waals surface area contributed by atoms with Crippen LogP contribution in [0.25, 0.3) is 0 Å². The van der Waals surface area contributed by atoms with Crippen molar-refractivity contribution in [1.82, 2.24) is 5.32 Å². The Morgan fingerprint density at radius 1 is 1.12 bits per heavy atom. The van der Waals surface area contributed by atoms with Gasteiger partial charge in [-0.3, -0.25) is 0 Å². The molecule has 0 saturated heterocycles. The van der Waals surface area contributed by atoms with Gasteiger partial charge in [-0.1, -0.05) is 29.3 Å². The first-order valence-electron chi connectivity index (χ1n) is 5.93. The second kappa shape index (κ2) is 5.90. The Labute approximate surface area is 107 Å². The lowest BCUT2D eigenvalue weighted by Crippen LogP contribution is -2.17. The van der Waals surface area contributed by atoms with Crippen molar-refractivity contribution in [2.45, 2.75) is 38.1 Å². The lowest BCUT2D eigenvalue weighted by Gasteiger charge is -2.07. The van der Waals surface area contributed by atoms with E-state index in [1.807, 2.05) is 18.2 Å². The number of rotatable bonds is 6. The van der Waals surface area contributed by atoms with Gasteiger partial charge in [0.2, 0.25) is 0 Å². The average Bonchev–Trinajstić information content (AvgIpc) is 3.05. The van der Waals surface area contributed by atoms with Crippen LogP contribution in [-0.4, -0.2) is 12.6 Å². The summed E-state index contributed by atoms with van der Waals surface area (Å²) in [5.74, 6) is 0. The molecule has 16 heavy (non-hydrogen) atoms. The number of benzene rings is 1. The first kappa shape index (κ1) is 12.2. The Bertz CT molecular complexity index is 328. The molecule has 0 atom stereocenters. The van der Waals surface area contributed by atoms with Gasteiger partial charge in [0, 0.05) is 16.1 Å². The zero-order valence-corrected chi connectivity index (χ0v) is 10.8. The molecule has 2 rings (SSSR count). The highest BCUT2D eigenvalue weighted by Gasteiger charge is 2.19. The molecule has 88 valence electrons. The van der Waals surface area contributed by atoms with Crippen molar-refractivity contribution in [3.8, 4) is 0 Å². The Kier molecular flexibility index (Phi) is 4.51. The molecule has 1 aromatic rings. The maximum Gasteiger partial charge on any atom is 0.0452 e. The number of nitrogens with one attached hydrogen (secondary N) is 1. The third kappa shape index (κ3) is 3.65. The van der Waals surface area contributed by atoms with Gasteiger partial charge in [-0.25, -0.2) is 0 Å². The van der Waals surface area contributed by atoms with Gasteiger partial charge in [0.15, 0.2) is 0 Å². The summed E-state index contributed by atoms with van der Waals surface area (Å²) in [4.78, 5) is 0. The van der Waals surface area contributed by atoms with Crippen molar-refractivity contribution >= 4 is 23.2 Å². The normalized spacial score (nSPS) is 15.4. The third-order valence-corrected chi connectivity index (χ3v) is 3.63. The molecule has 0 unspecified atom stereocenters. The summed E-state index contributed by atoms with van der Waals surface area (Å²) in [6.07, 6.45) is 6.03. The fourth-order valence-corrected chi connectivity index (χ4v) is 2.38. The molecule has 1 aromatic carbocycles. The number of hydrogen-bond acceptors (Lipinski definition) is 1. The standard InChI is InChI=1S/C13H17Cl2N/c14-12-5-3-6-13(15)11(12)4-1-2-9-16-10-7-8-10/h3,5-6,10,16H,1-2,4,7-9H2. The van der Waals surface area contributed by atoms with E-state index in [9.17, 15) is 0 Å². The smallest absolute Gasteiger partial charge is 0.0452 e. The Morgan fingerprint density at radius 3 is 2.44 bits per heavy atom. The molecule has 0 spiro atoms. The fraction of sp³-hybridized carbons (Fsp3) is 0.538. The Morgan fingerprint density at radius 2 is 1.81 bits per heavy atom. The van der Waals surface area contributed by atoms with Crippen LogP contribution in [-0.2, 0) is 6.42 Å². The van der Waals surface area contributed by atoms with Gasteiger partial charge < -0.3 is 5.32 Å². The highest BCUT2D eigenvalue weighted by Crippen LogP contribution is 2.25. The van der Waals surface area contributed by atoms with Crippen LogP contribution in [0.15, 0.2) is 18.2 Å². The van der Waals surface area contributed by atoms with Crippen molar-refractivity contribution in [3.63, 3.8) is 0 Å². The van der Waals surface area contributed by atoms with Gasteiger partial charge in [0.05, 0.1) is 0 Å². The van der Waals surface area contributed by atoms with Crippen molar-refractivity contribution in [2.75, 3.05) is 6.54 Å². The molecule has 1 N–H and O–H groups in total. The zero-order chi connectivity index (χ0) is 11.4. The van der Waals surface area contributed by atoms with Crippen LogP contribution in [0, 0.1) is 0 Å². The van der Waals surface area contributed by atoms with Crippen LogP contribution >= 0.6 is 23.2 Å². The van der Waals surface area contributed by atoms with E-state index in [0.717, 1.165) is 41.0 Å². The van der Waals surface area contributed by atoms with E-state index in [4.69, 9.17) is 23.2 Å². The summed E-state index contributed by atoms with van der Waals surface area (Å²) < 4.78 is 0. The predicted molar refractivity (Wildman–Crippen MR) is 70.4 cm³/mol. The molecular weight excluding hydrogens is 241 g/mol. The number of unbranched alkanes of at least 4 members (excludes halogenated alkanes) is 1. The summed E-state index contributed by atoms with van der Waals surface area (Å²) in [6.45, 7) is 1.12. The molecule has 1 aliphatic carbocycles. The lowest BCUT2D eigenvalue weighted by atomic mass is 10.1. The molecule has 1 fully saturated rings. The van der Waals surface area contributed by atoms with Gasteiger partial charge in [-0.15, -0.1) is 0 Å². The van der Waals surface area contributed by atoms with Crippen molar-refractivity contribution in [3.05, 3.63) is 33.8 Å². The molecule has 1 saturated carbocycles. The summed E-state index contributed by atoms with van der Waals surface area (Å²) in [6, 6.07) is 6.52. The first-order chi connectivity index (χ1) is 7.77. The van der Waals surface area contributed by atoms with Crippen molar-refractivity contribution in [2.24, 2.45) is 0 Å². The van der Waals surface area contributed by atoms with Crippen molar-refractivity contribution < 1.29 is 0 Å². The maximum atomic E-state index is 6.10. The quantitative estimate of drug-likeness (QED) is 0.758. The molecule has 0 heterocycles. The third-order valence-electron chi connectivity index (χ3n) is 2.93. The monoisotopic (exact) mass is 257 g/mol. The van der Waals surface area contributed by atoms with Crippen LogP contribution in [0.2, 0.25) is 10.0 Å². The van der Waals surface area contributed by atoms with Crippen LogP contribution in [0.1, 0.15) is 31.2 Å². The van der Waals surface area contributed by atoms with Crippen LogP contribution in [0.5, 0.6) is 0 Å². The van der Waals surface area contributed by atoms with E-state index in [1.165, 1.54) is 19.3 Å². The van der Waals surface area contributed by atoms with Crippen LogP contribution in [0.4, 0.5) is 0 Å². The second-order valence-electron chi connectivity index (χ2n) is 4.39. The molecule has 0 radical (unpaired) electrons. The molecule has 0 aromatic heterocycles. The Hall–Kier alpha value is -0.240. The molecule has 0 amide bonds. The second-order valence-corrected chi connectivity index (χ2v) is 5.20. The minimum absolute atomic E-state index is 0.794. The molecule has 0 bridgehead atoms. The van der Waals surface area contributed by atoms with E-state index in [1.54, 1.807) is 0 Å². The molecule has 0 aliphatic heterocycles. The predicted octanol–water partition coefficient (Wildman–Crippen LogP) is 4.07. The van der Waals surface area contributed by atoms with Gasteiger partial charge in [-0.05, 0) is 56.3 Å². The van der Waals surface area contributed by atoms with E-state index >= 15 is 0 Å². The van der Waals surface area contributed by atoms with Gasteiger partial charge in [-0.2, -0.15) is 0 Å². The minimum Gasteiger partial charge on any atom is -0.314 e. The van der Waals surface area contributed by atoms with Gasteiger partial charge in [0.1, 0.15) is 0 Å². The summed E-state index contributed by atoms with van der Waals surface area (Å²) in [5, 5.41) is 5.09. The first-order valence-corrected chi connectivity index (χ1v) is 6.69. The van der Waals surface area contributed by atoms with Crippen LogP contribution in [0.3, 0.4) is 0 Å². The Balaban J connectivity index is 1.71. The fourth-order valence-electron chi connectivity index (χ4n) is 1.79. The molecule has 3 heteroatoms. The van der Waals surface area contributed by atoms with Crippen LogP contribution < -0.4 is 5.32 Å². The summed E-state index contributed by atoms with van der Waals surface area (Å²) >= 11 is 12.2. The summed E-state index contributed by atoms with van der Waals surface area (Å²) in [5.41, 5.74) is 1.09. The molecule has 1 aliphatic rings. The number of hydrogen-bond donors (Lipinski definition) is 1. The SMILES string of the molecule is Clc1cccc(Cl)c1CCCCNC1CC1. The number of halogens is 2. The van der Waals surface area contributed by atoms with Gasteiger partial charge >= 0.3 is 0 Å². The van der Waals surface area contributed by atoms with E-state index in [-0.39, 0.29) is 0 Å². The zero-order valence-electron chi connectivity index (χ0n) is 9.31. The van der Waals surface area contributed by atoms with E-state index in [2.05, 4.69) is 5.32 Å². The molecular formula is C13H17Cl2N. The van der Waals surface area contributed by atoms with Gasteiger partial charge in [0.25, 0.3) is 0 Å². The summed E-state index contributed by atoms with van der Waals surface area (Å²) in [7, 11) is 0. The van der Waals surface area contributed by atoms with E-state index in [0.29, 0.717) is 0 Å². The van der Waals surface area contributed by atoms with Crippen molar-refractivity contribution in [1.29, 1.82) is 0 Å². The average molecular weight is 258 g/mol. The maximum absolute atomic E-state index is 6.10. The highest BCUT2D eigenvalue weighted by molar-refractivity contribution is 6.35. The topological polar surface area (TPSA) is 12.0 Å². The minimum atomic E-state index is 0.794. The highest BCUT2D eigenvalue weighted by atomic mass is 35.5. The molecule has 1 nitrogen and oxygen atoms in total.